The molecule has 2 heterocycles. The third-order valence-corrected chi connectivity index (χ3v) is 2.01. The average molecular weight is 190 g/mol. The van der Waals surface area contributed by atoms with E-state index in [9.17, 15) is 4.79 Å². The highest BCUT2D eigenvalue weighted by atomic mass is 16.1. The van der Waals surface area contributed by atoms with Crippen molar-refractivity contribution in [2.75, 3.05) is 0 Å². The zero-order valence-electron chi connectivity index (χ0n) is 8.01. The van der Waals surface area contributed by atoms with E-state index in [1.54, 1.807) is 16.8 Å². The minimum Gasteiger partial charge on any atom is -0.302 e. The summed E-state index contributed by atoms with van der Waals surface area (Å²) in [6, 6.07) is 1.89. The predicted molar refractivity (Wildman–Crippen MR) is 51.1 cm³/mol. The number of carbonyl (C=O) groups excluding carboxylic acids is 1. The van der Waals surface area contributed by atoms with E-state index in [2.05, 4.69) is 15.2 Å². The van der Waals surface area contributed by atoms with Crippen molar-refractivity contribution >= 4 is 17.5 Å². The standard InChI is InChI=1S/C9H10N4O/c1-6(2)13-8(5-14)11-7-3-4-10-12-9(7)13/h3-6H,1-2H3. The highest BCUT2D eigenvalue weighted by Crippen LogP contribution is 2.16. The molecule has 0 fully saturated rings. The van der Waals surface area contributed by atoms with E-state index < -0.39 is 0 Å². The summed E-state index contributed by atoms with van der Waals surface area (Å²) >= 11 is 0. The van der Waals surface area contributed by atoms with Gasteiger partial charge in [-0.05, 0) is 19.9 Å². The van der Waals surface area contributed by atoms with Crippen LogP contribution in [-0.2, 0) is 0 Å². The van der Waals surface area contributed by atoms with Crippen LogP contribution in [0.1, 0.15) is 30.5 Å². The summed E-state index contributed by atoms with van der Waals surface area (Å²) < 4.78 is 1.77. The number of fused-ring (bicyclic) bond motifs is 1. The SMILES string of the molecule is CC(C)n1c(C=O)nc2ccnnc21. The molecule has 0 saturated heterocycles. The number of hydrogen-bond donors (Lipinski definition) is 0. The molecule has 0 radical (unpaired) electrons. The van der Waals surface area contributed by atoms with Crippen LogP contribution < -0.4 is 0 Å². The molecule has 0 atom stereocenters. The molecule has 0 aliphatic heterocycles. The molecule has 0 unspecified atom stereocenters. The van der Waals surface area contributed by atoms with Crippen molar-refractivity contribution in [1.29, 1.82) is 0 Å². The average Bonchev–Trinajstić information content (AvgIpc) is 2.55. The minimum atomic E-state index is 0.150. The van der Waals surface area contributed by atoms with Gasteiger partial charge in [0.1, 0.15) is 5.52 Å². The molecule has 0 spiro atoms. The Balaban J connectivity index is 2.80. The number of nitrogens with zero attached hydrogens (tertiary/aromatic N) is 4. The molecule has 72 valence electrons. The molecular weight excluding hydrogens is 180 g/mol. The summed E-state index contributed by atoms with van der Waals surface area (Å²) in [7, 11) is 0. The van der Waals surface area contributed by atoms with Crippen LogP contribution in [0.2, 0.25) is 0 Å². The lowest BCUT2D eigenvalue weighted by Gasteiger charge is -2.07. The highest BCUT2D eigenvalue weighted by molar-refractivity contribution is 5.80. The molecule has 2 aromatic rings. The predicted octanol–water partition coefficient (Wildman–Crippen LogP) is 1.22. The monoisotopic (exact) mass is 190 g/mol. The molecule has 0 saturated carbocycles. The summed E-state index contributed by atoms with van der Waals surface area (Å²) in [5, 5.41) is 7.74. The first-order valence-electron chi connectivity index (χ1n) is 4.39. The molecule has 0 aliphatic carbocycles. The van der Waals surface area contributed by atoms with Crippen molar-refractivity contribution < 1.29 is 4.79 Å². The van der Waals surface area contributed by atoms with Crippen LogP contribution in [-0.4, -0.2) is 26.0 Å². The van der Waals surface area contributed by atoms with Gasteiger partial charge in [-0.3, -0.25) is 4.79 Å². The first-order chi connectivity index (χ1) is 6.74. The van der Waals surface area contributed by atoms with Gasteiger partial charge in [0, 0.05) is 6.04 Å². The van der Waals surface area contributed by atoms with Gasteiger partial charge >= 0.3 is 0 Å². The van der Waals surface area contributed by atoms with Crippen molar-refractivity contribution in [3.05, 3.63) is 18.1 Å². The lowest BCUT2D eigenvalue weighted by Crippen LogP contribution is -2.06. The van der Waals surface area contributed by atoms with Crippen molar-refractivity contribution in [2.45, 2.75) is 19.9 Å². The Morgan fingerprint density at radius 3 is 2.93 bits per heavy atom. The van der Waals surface area contributed by atoms with Crippen molar-refractivity contribution in [2.24, 2.45) is 0 Å². The van der Waals surface area contributed by atoms with Gasteiger partial charge in [-0.2, -0.15) is 5.10 Å². The maximum absolute atomic E-state index is 10.8. The molecule has 0 amide bonds. The summed E-state index contributed by atoms with van der Waals surface area (Å²) in [6.45, 7) is 3.95. The van der Waals surface area contributed by atoms with E-state index in [1.807, 2.05) is 13.8 Å². The molecule has 2 rings (SSSR count). The lowest BCUT2D eigenvalue weighted by molar-refractivity contribution is 0.111. The first-order valence-corrected chi connectivity index (χ1v) is 4.39. The Kier molecular flexibility index (Phi) is 1.99. The molecule has 0 bridgehead atoms. The van der Waals surface area contributed by atoms with Gasteiger partial charge < -0.3 is 4.57 Å². The third-order valence-electron chi connectivity index (χ3n) is 2.01. The van der Waals surface area contributed by atoms with E-state index in [-0.39, 0.29) is 6.04 Å². The van der Waals surface area contributed by atoms with Crippen LogP contribution >= 0.6 is 0 Å². The number of imidazole rings is 1. The first kappa shape index (κ1) is 8.80. The quantitative estimate of drug-likeness (QED) is 0.668. The van der Waals surface area contributed by atoms with E-state index >= 15 is 0 Å². The van der Waals surface area contributed by atoms with Crippen LogP contribution in [0, 0.1) is 0 Å². The topological polar surface area (TPSA) is 60.7 Å². The maximum atomic E-state index is 10.8. The van der Waals surface area contributed by atoms with Crippen molar-refractivity contribution in [1.82, 2.24) is 19.7 Å². The van der Waals surface area contributed by atoms with Gasteiger partial charge in [0.05, 0.1) is 6.20 Å². The number of rotatable bonds is 2. The second-order valence-electron chi connectivity index (χ2n) is 3.29. The second kappa shape index (κ2) is 3.17. The largest absolute Gasteiger partial charge is 0.302 e. The Morgan fingerprint density at radius 1 is 1.50 bits per heavy atom. The van der Waals surface area contributed by atoms with Crippen molar-refractivity contribution in [3.63, 3.8) is 0 Å². The lowest BCUT2D eigenvalue weighted by atomic mass is 10.4. The van der Waals surface area contributed by atoms with Gasteiger partial charge in [0.2, 0.25) is 0 Å². The zero-order chi connectivity index (χ0) is 10.1. The number of carbonyl (C=O) groups is 1. The number of aldehydes is 1. The summed E-state index contributed by atoms with van der Waals surface area (Å²) in [5.41, 5.74) is 1.36. The fraction of sp³-hybridized carbons (Fsp3) is 0.333. The second-order valence-corrected chi connectivity index (χ2v) is 3.29. The molecular formula is C9H10N4O. The summed E-state index contributed by atoms with van der Waals surface area (Å²) in [4.78, 5) is 14.9. The van der Waals surface area contributed by atoms with E-state index in [1.165, 1.54) is 0 Å². The van der Waals surface area contributed by atoms with Gasteiger partial charge in [-0.25, -0.2) is 4.98 Å². The maximum Gasteiger partial charge on any atom is 0.185 e. The van der Waals surface area contributed by atoms with Crippen LogP contribution in [0.15, 0.2) is 12.3 Å². The van der Waals surface area contributed by atoms with Gasteiger partial charge in [0.15, 0.2) is 17.8 Å². The normalized spacial score (nSPS) is 11.1. The molecule has 5 heteroatoms. The Hall–Kier alpha value is -1.78. The van der Waals surface area contributed by atoms with Gasteiger partial charge in [-0.1, -0.05) is 0 Å². The molecule has 0 aromatic carbocycles. The molecule has 0 aliphatic rings. The molecule has 0 N–H and O–H groups in total. The summed E-state index contributed by atoms with van der Waals surface area (Å²) in [5.74, 6) is 0.399. The number of hydrogen-bond acceptors (Lipinski definition) is 4. The Labute approximate surface area is 80.8 Å². The van der Waals surface area contributed by atoms with E-state index in [4.69, 9.17) is 0 Å². The third kappa shape index (κ3) is 1.17. The Morgan fingerprint density at radius 2 is 2.29 bits per heavy atom. The fourth-order valence-electron chi connectivity index (χ4n) is 1.45. The van der Waals surface area contributed by atoms with Gasteiger partial charge in [0.25, 0.3) is 0 Å². The summed E-state index contributed by atoms with van der Waals surface area (Å²) in [6.07, 6.45) is 2.30. The Bertz CT molecular complexity index is 475. The van der Waals surface area contributed by atoms with E-state index in [0.717, 1.165) is 6.29 Å². The smallest absolute Gasteiger partial charge is 0.185 e. The van der Waals surface area contributed by atoms with Crippen LogP contribution in [0.3, 0.4) is 0 Å². The zero-order valence-corrected chi connectivity index (χ0v) is 8.01. The molecule has 2 aromatic heterocycles. The van der Waals surface area contributed by atoms with Crippen LogP contribution in [0.4, 0.5) is 0 Å². The fourth-order valence-corrected chi connectivity index (χ4v) is 1.45. The number of aromatic nitrogens is 4. The molecule has 14 heavy (non-hydrogen) atoms. The highest BCUT2D eigenvalue weighted by Gasteiger charge is 2.13. The minimum absolute atomic E-state index is 0.150. The van der Waals surface area contributed by atoms with Crippen LogP contribution in [0.25, 0.3) is 11.2 Å². The van der Waals surface area contributed by atoms with Crippen LogP contribution in [0.5, 0.6) is 0 Å². The molecule has 5 nitrogen and oxygen atoms in total. The van der Waals surface area contributed by atoms with Crippen molar-refractivity contribution in [3.8, 4) is 0 Å². The van der Waals surface area contributed by atoms with E-state index in [0.29, 0.717) is 17.0 Å². The van der Waals surface area contributed by atoms with Gasteiger partial charge in [-0.15, -0.1) is 5.10 Å².